The average molecular weight is 347 g/mol. The maximum Gasteiger partial charge on any atom is 0.230 e. The number of benzene rings is 2. The number of ether oxygens (including phenoxy) is 1. The van der Waals surface area contributed by atoms with Crippen LogP contribution in [0.3, 0.4) is 0 Å². The number of rotatable bonds is 5. The zero-order chi connectivity index (χ0) is 17.9. The van der Waals surface area contributed by atoms with Crippen molar-refractivity contribution in [3.8, 4) is 16.9 Å². The Morgan fingerprint density at radius 1 is 1.08 bits per heavy atom. The summed E-state index contributed by atoms with van der Waals surface area (Å²) in [4.78, 5) is 12.3. The molecule has 1 aliphatic rings. The van der Waals surface area contributed by atoms with E-state index in [9.17, 15) is 4.79 Å². The standard InChI is InChI=1S/C21H21N3O2/c1-26-17-11-9-16(10-12-17)15-7-5-14(6-8-15)13-20(25)22-21-18-3-2-4-19(18)23-24-21/h5-12H,2-4,13H2,1H3,(H2,22,23,24,25). The Balaban J connectivity index is 1.41. The van der Waals surface area contributed by atoms with Gasteiger partial charge in [-0.1, -0.05) is 36.4 Å². The molecule has 0 aliphatic heterocycles. The zero-order valence-corrected chi connectivity index (χ0v) is 14.7. The van der Waals surface area contributed by atoms with Crippen LogP contribution in [0.1, 0.15) is 23.2 Å². The van der Waals surface area contributed by atoms with Crippen molar-refractivity contribution in [1.82, 2.24) is 10.2 Å². The molecule has 1 aromatic heterocycles. The van der Waals surface area contributed by atoms with Crippen LogP contribution in [0.5, 0.6) is 5.75 Å². The molecule has 0 saturated heterocycles. The average Bonchev–Trinajstić information content (AvgIpc) is 3.28. The highest BCUT2D eigenvalue weighted by molar-refractivity contribution is 5.92. The number of methoxy groups -OCH3 is 1. The van der Waals surface area contributed by atoms with E-state index in [-0.39, 0.29) is 5.91 Å². The Kier molecular flexibility index (Phi) is 4.44. The predicted octanol–water partition coefficient (Wildman–Crippen LogP) is 3.76. The fourth-order valence-corrected chi connectivity index (χ4v) is 3.38. The van der Waals surface area contributed by atoms with Crippen LogP contribution in [-0.4, -0.2) is 23.2 Å². The molecule has 3 aromatic rings. The molecule has 1 amide bonds. The van der Waals surface area contributed by atoms with E-state index in [1.54, 1.807) is 7.11 Å². The van der Waals surface area contributed by atoms with Crippen molar-refractivity contribution in [3.63, 3.8) is 0 Å². The molecule has 5 heteroatoms. The highest BCUT2D eigenvalue weighted by Crippen LogP contribution is 2.26. The van der Waals surface area contributed by atoms with Crippen LogP contribution in [0.2, 0.25) is 0 Å². The number of fused-ring (bicyclic) bond motifs is 1. The number of nitrogens with zero attached hydrogens (tertiary/aromatic N) is 1. The summed E-state index contributed by atoms with van der Waals surface area (Å²) in [6.07, 6.45) is 3.47. The van der Waals surface area contributed by atoms with Crippen molar-refractivity contribution in [3.05, 3.63) is 65.4 Å². The maximum atomic E-state index is 12.3. The van der Waals surface area contributed by atoms with Crippen LogP contribution in [0.25, 0.3) is 11.1 Å². The van der Waals surface area contributed by atoms with E-state index in [0.29, 0.717) is 12.2 Å². The molecular weight excluding hydrogens is 326 g/mol. The maximum absolute atomic E-state index is 12.3. The van der Waals surface area contributed by atoms with Crippen molar-refractivity contribution in [1.29, 1.82) is 0 Å². The number of hydrogen-bond acceptors (Lipinski definition) is 3. The number of aromatic amines is 1. The Bertz CT molecular complexity index is 911. The fourth-order valence-electron chi connectivity index (χ4n) is 3.38. The van der Waals surface area contributed by atoms with Gasteiger partial charge in [0.2, 0.25) is 5.91 Å². The Labute approximate surface area is 152 Å². The Morgan fingerprint density at radius 2 is 1.77 bits per heavy atom. The third kappa shape index (κ3) is 3.33. The van der Waals surface area contributed by atoms with Gasteiger partial charge in [0.15, 0.2) is 5.82 Å². The summed E-state index contributed by atoms with van der Waals surface area (Å²) in [5.41, 5.74) is 5.53. The molecule has 132 valence electrons. The van der Waals surface area contributed by atoms with Crippen molar-refractivity contribution >= 4 is 11.7 Å². The molecule has 0 saturated carbocycles. The van der Waals surface area contributed by atoms with E-state index in [2.05, 4.69) is 15.5 Å². The summed E-state index contributed by atoms with van der Waals surface area (Å²) in [7, 11) is 1.66. The van der Waals surface area contributed by atoms with E-state index in [1.807, 2.05) is 48.5 Å². The lowest BCUT2D eigenvalue weighted by atomic mass is 10.0. The van der Waals surface area contributed by atoms with Crippen LogP contribution in [-0.2, 0) is 24.1 Å². The predicted molar refractivity (Wildman–Crippen MR) is 101 cm³/mol. The van der Waals surface area contributed by atoms with Crippen LogP contribution in [0.15, 0.2) is 48.5 Å². The second kappa shape index (κ2) is 7.04. The lowest BCUT2D eigenvalue weighted by Gasteiger charge is -2.07. The van der Waals surface area contributed by atoms with Crippen molar-refractivity contribution in [2.45, 2.75) is 25.7 Å². The van der Waals surface area contributed by atoms with Crippen molar-refractivity contribution in [2.24, 2.45) is 0 Å². The summed E-state index contributed by atoms with van der Waals surface area (Å²) < 4.78 is 5.19. The number of aryl methyl sites for hydroxylation is 1. The summed E-state index contributed by atoms with van der Waals surface area (Å²) in [5, 5.41) is 10.2. The fraction of sp³-hybridized carbons (Fsp3) is 0.238. The first kappa shape index (κ1) is 16.4. The minimum absolute atomic E-state index is 0.0385. The second-order valence-electron chi connectivity index (χ2n) is 6.53. The summed E-state index contributed by atoms with van der Waals surface area (Å²) in [6.45, 7) is 0. The number of amides is 1. The molecule has 0 fully saturated rings. The molecule has 0 spiro atoms. The van der Waals surface area contributed by atoms with Gasteiger partial charge in [0, 0.05) is 11.3 Å². The van der Waals surface area contributed by atoms with Gasteiger partial charge in [0.25, 0.3) is 0 Å². The number of aromatic nitrogens is 2. The van der Waals surface area contributed by atoms with E-state index in [4.69, 9.17) is 4.74 Å². The third-order valence-electron chi connectivity index (χ3n) is 4.81. The zero-order valence-electron chi connectivity index (χ0n) is 14.7. The van der Waals surface area contributed by atoms with Crippen molar-refractivity contribution in [2.75, 3.05) is 12.4 Å². The Morgan fingerprint density at radius 3 is 2.46 bits per heavy atom. The molecule has 2 aromatic carbocycles. The number of nitrogens with one attached hydrogen (secondary N) is 2. The minimum Gasteiger partial charge on any atom is -0.497 e. The topological polar surface area (TPSA) is 67.0 Å². The SMILES string of the molecule is COc1ccc(-c2ccc(CC(=O)Nc3n[nH]c4c3CCC4)cc2)cc1. The smallest absolute Gasteiger partial charge is 0.230 e. The van der Waals surface area contributed by atoms with Gasteiger partial charge in [-0.2, -0.15) is 5.10 Å². The molecule has 0 radical (unpaired) electrons. The lowest BCUT2D eigenvalue weighted by Crippen LogP contribution is -2.15. The summed E-state index contributed by atoms with van der Waals surface area (Å²) in [5.74, 6) is 1.49. The number of hydrogen-bond donors (Lipinski definition) is 2. The van der Waals surface area contributed by atoms with E-state index < -0.39 is 0 Å². The highest BCUT2D eigenvalue weighted by atomic mass is 16.5. The van der Waals surface area contributed by atoms with Gasteiger partial charge in [-0.15, -0.1) is 0 Å². The van der Waals surface area contributed by atoms with Gasteiger partial charge >= 0.3 is 0 Å². The van der Waals surface area contributed by atoms with Gasteiger partial charge in [0.1, 0.15) is 5.75 Å². The first-order chi connectivity index (χ1) is 12.7. The molecule has 1 aliphatic carbocycles. The van der Waals surface area contributed by atoms with Crippen LogP contribution in [0.4, 0.5) is 5.82 Å². The van der Waals surface area contributed by atoms with Gasteiger partial charge < -0.3 is 10.1 Å². The molecule has 26 heavy (non-hydrogen) atoms. The van der Waals surface area contributed by atoms with Crippen LogP contribution in [0, 0.1) is 0 Å². The molecule has 2 N–H and O–H groups in total. The normalized spacial score (nSPS) is 12.7. The molecule has 4 rings (SSSR count). The van der Waals surface area contributed by atoms with Gasteiger partial charge in [0.05, 0.1) is 13.5 Å². The second-order valence-corrected chi connectivity index (χ2v) is 6.53. The Hall–Kier alpha value is -3.08. The third-order valence-corrected chi connectivity index (χ3v) is 4.81. The van der Waals surface area contributed by atoms with Crippen molar-refractivity contribution < 1.29 is 9.53 Å². The number of carbonyl (C=O) groups is 1. The number of H-pyrrole nitrogens is 1. The molecule has 0 unspecified atom stereocenters. The van der Waals surface area contributed by atoms with E-state index in [1.165, 1.54) is 0 Å². The molecule has 0 bridgehead atoms. The first-order valence-electron chi connectivity index (χ1n) is 8.82. The van der Waals surface area contributed by atoms with E-state index >= 15 is 0 Å². The largest absolute Gasteiger partial charge is 0.497 e. The van der Waals surface area contributed by atoms with E-state index in [0.717, 1.165) is 53.0 Å². The van der Waals surface area contributed by atoms with Gasteiger partial charge in [-0.05, 0) is 48.1 Å². The van der Waals surface area contributed by atoms with Gasteiger partial charge in [-0.3, -0.25) is 9.89 Å². The van der Waals surface area contributed by atoms with Crippen LogP contribution >= 0.6 is 0 Å². The number of carbonyl (C=O) groups excluding carboxylic acids is 1. The van der Waals surface area contributed by atoms with Gasteiger partial charge in [-0.25, -0.2) is 0 Å². The highest BCUT2D eigenvalue weighted by Gasteiger charge is 2.19. The van der Waals surface area contributed by atoms with Crippen LogP contribution < -0.4 is 10.1 Å². The molecular formula is C21H21N3O2. The summed E-state index contributed by atoms with van der Waals surface area (Å²) in [6, 6.07) is 16.0. The molecule has 1 heterocycles. The quantitative estimate of drug-likeness (QED) is 0.738. The number of anilines is 1. The lowest BCUT2D eigenvalue weighted by molar-refractivity contribution is -0.115. The minimum atomic E-state index is -0.0385. The monoisotopic (exact) mass is 347 g/mol. The first-order valence-corrected chi connectivity index (χ1v) is 8.82. The summed E-state index contributed by atoms with van der Waals surface area (Å²) >= 11 is 0. The molecule has 5 nitrogen and oxygen atoms in total. The molecule has 0 atom stereocenters.